The molecule has 10 heteroatoms. The molecule has 8 nitrogen and oxygen atoms in total. The van der Waals surface area contributed by atoms with Crippen molar-refractivity contribution >= 4 is 31.2 Å². The number of nitrogens with one attached hydrogen (secondary N) is 1. The molecule has 0 spiro atoms. The van der Waals surface area contributed by atoms with E-state index in [1.54, 1.807) is 61.7 Å². The molecule has 0 saturated heterocycles. The number of hydrogen-bond donors (Lipinski definition) is 1. The van der Waals surface area contributed by atoms with Crippen molar-refractivity contribution in [2.24, 2.45) is 0 Å². The fourth-order valence-electron chi connectivity index (χ4n) is 2.85. The second kappa shape index (κ2) is 7.03. The number of methoxy groups -OCH3 is 1. The third-order valence-corrected chi connectivity index (χ3v) is 7.46. The van der Waals surface area contributed by atoms with E-state index >= 15 is 0 Å². The van der Waals surface area contributed by atoms with E-state index in [1.807, 2.05) is 0 Å². The average molecular weight is 438 g/mol. The number of rotatable bonds is 5. The Bertz CT molecular complexity index is 1290. The molecule has 1 aromatic carbocycles. The second-order valence-electron chi connectivity index (χ2n) is 7.65. The van der Waals surface area contributed by atoms with Gasteiger partial charge in [0.2, 0.25) is 10.0 Å². The van der Waals surface area contributed by atoms with Crippen molar-refractivity contribution in [2.45, 2.75) is 30.4 Å². The van der Waals surface area contributed by atoms with Crippen LogP contribution < -0.4 is 9.46 Å². The van der Waals surface area contributed by atoms with E-state index in [0.29, 0.717) is 22.6 Å². The number of aromatic nitrogens is 2. The molecular formula is C19H23N3O5S2. The van der Waals surface area contributed by atoms with Gasteiger partial charge in [-0.15, -0.1) is 0 Å². The van der Waals surface area contributed by atoms with Crippen LogP contribution in [0.1, 0.15) is 20.8 Å². The molecule has 3 rings (SSSR count). The number of imidazole rings is 1. The highest BCUT2D eigenvalue weighted by Gasteiger charge is 2.34. The van der Waals surface area contributed by atoms with Crippen LogP contribution in [0.2, 0.25) is 0 Å². The van der Waals surface area contributed by atoms with Gasteiger partial charge < -0.3 is 4.74 Å². The number of pyridine rings is 1. The van der Waals surface area contributed by atoms with Gasteiger partial charge in [-0.05, 0) is 32.9 Å². The van der Waals surface area contributed by atoms with Crippen LogP contribution in [-0.4, -0.2) is 44.3 Å². The number of fused-ring (bicyclic) bond motifs is 1. The minimum absolute atomic E-state index is 0.0599. The van der Waals surface area contributed by atoms with E-state index in [0.717, 1.165) is 6.26 Å². The number of sulfone groups is 1. The molecule has 1 N–H and O–H groups in total. The first-order valence-corrected chi connectivity index (χ1v) is 12.1. The van der Waals surface area contributed by atoms with Crippen LogP contribution in [0, 0.1) is 0 Å². The number of anilines is 1. The first-order valence-electron chi connectivity index (χ1n) is 8.71. The molecule has 0 aliphatic rings. The molecule has 0 saturated carbocycles. The van der Waals surface area contributed by atoms with E-state index in [2.05, 4.69) is 9.71 Å². The van der Waals surface area contributed by atoms with Crippen LogP contribution in [0.5, 0.6) is 5.75 Å². The standard InChI is InChI=1S/C19H23N3O5S2/c1-19(2,3)29(25,26)17-12-22-15(11-20-18(22)10-16(17)27-4)13-7-6-8-14(9-13)21-28(5,23)24/h6-12,21H,1-5H3. The van der Waals surface area contributed by atoms with Gasteiger partial charge in [0, 0.05) is 23.5 Å². The number of nitrogens with zero attached hydrogens (tertiary/aromatic N) is 2. The molecule has 156 valence electrons. The van der Waals surface area contributed by atoms with E-state index in [-0.39, 0.29) is 10.6 Å². The van der Waals surface area contributed by atoms with Gasteiger partial charge in [-0.1, -0.05) is 12.1 Å². The molecule has 0 aliphatic heterocycles. The number of hydrogen-bond acceptors (Lipinski definition) is 6. The lowest BCUT2D eigenvalue weighted by atomic mass is 10.1. The summed E-state index contributed by atoms with van der Waals surface area (Å²) in [6, 6.07) is 8.36. The van der Waals surface area contributed by atoms with Gasteiger partial charge in [0.15, 0.2) is 9.84 Å². The van der Waals surface area contributed by atoms with Crippen molar-refractivity contribution in [3.05, 3.63) is 42.7 Å². The van der Waals surface area contributed by atoms with Crippen LogP contribution in [0.15, 0.2) is 47.6 Å². The van der Waals surface area contributed by atoms with Gasteiger partial charge in [-0.3, -0.25) is 9.12 Å². The van der Waals surface area contributed by atoms with Crippen LogP contribution in [0.4, 0.5) is 5.69 Å². The average Bonchev–Trinajstić information content (AvgIpc) is 3.01. The van der Waals surface area contributed by atoms with Crippen LogP contribution in [0.3, 0.4) is 0 Å². The number of sulfonamides is 1. The number of ether oxygens (including phenoxy) is 1. The number of benzene rings is 1. The molecule has 0 atom stereocenters. The third kappa shape index (κ3) is 4.08. The highest BCUT2D eigenvalue weighted by molar-refractivity contribution is 7.93. The maximum Gasteiger partial charge on any atom is 0.229 e. The molecule has 0 aliphatic carbocycles. The van der Waals surface area contributed by atoms with Crippen molar-refractivity contribution in [3.8, 4) is 17.0 Å². The summed E-state index contributed by atoms with van der Waals surface area (Å²) in [5, 5.41) is 0. The lowest BCUT2D eigenvalue weighted by molar-refractivity contribution is 0.401. The van der Waals surface area contributed by atoms with Crippen LogP contribution in [-0.2, 0) is 19.9 Å². The lowest BCUT2D eigenvalue weighted by Crippen LogP contribution is -2.28. The zero-order valence-electron chi connectivity index (χ0n) is 16.8. The molecule has 0 amide bonds. The largest absolute Gasteiger partial charge is 0.495 e. The molecule has 2 aromatic heterocycles. The van der Waals surface area contributed by atoms with E-state index < -0.39 is 24.6 Å². The zero-order chi connectivity index (χ0) is 21.6. The Morgan fingerprint density at radius 1 is 1.10 bits per heavy atom. The van der Waals surface area contributed by atoms with Crippen molar-refractivity contribution < 1.29 is 21.6 Å². The molecule has 29 heavy (non-hydrogen) atoms. The zero-order valence-corrected chi connectivity index (χ0v) is 18.4. The summed E-state index contributed by atoms with van der Waals surface area (Å²) in [4.78, 5) is 4.40. The Kier molecular flexibility index (Phi) is 5.12. The Labute approximate surface area is 170 Å². The minimum atomic E-state index is -3.68. The SMILES string of the molecule is COc1cc2ncc(-c3cccc(NS(C)(=O)=O)c3)n2cc1S(=O)(=O)C(C)(C)C. The topological polar surface area (TPSA) is 107 Å². The van der Waals surface area contributed by atoms with E-state index in [4.69, 9.17) is 4.74 Å². The maximum atomic E-state index is 13.1. The van der Waals surface area contributed by atoms with Gasteiger partial charge in [0.05, 0.1) is 30.0 Å². The summed E-state index contributed by atoms with van der Waals surface area (Å²) in [5.41, 5.74) is 2.20. The fraction of sp³-hybridized carbons (Fsp3) is 0.316. The summed E-state index contributed by atoms with van der Waals surface area (Å²) in [5.74, 6) is 0.220. The van der Waals surface area contributed by atoms with Crippen molar-refractivity contribution in [1.29, 1.82) is 0 Å². The predicted molar refractivity (Wildman–Crippen MR) is 113 cm³/mol. The van der Waals surface area contributed by atoms with Gasteiger partial charge in [0.1, 0.15) is 16.3 Å². The van der Waals surface area contributed by atoms with Crippen molar-refractivity contribution in [1.82, 2.24) is 9.38 Å². The Morgan fingerprint density at radius 3 is 2.38 bits per heavy atom. The highest BCUT2D eigenvalue weighted by atomic mass is 32.2. The lowest BCUT2D eigenvalue weighted by Gasteiger charge is -2.21. The molecular weight excluding hydrogens is 414 g/mol. The van der Waals surface area contributed by atoms with Crippen molar-refractivity contribution in [3.63, 3.8) is 0 Å². The second-order valence-corrected chi connectivity index (χ2v) is 12.1. The summed E-state index contributed by atoms with van der Waals surface area (Å²) in [7, 11) is -5.70. The van der Waals surface area contributed by atoms with E-state index in [1.165, 1.54) is 13.3 Å². The monoisotopic (exact) mass is 437 g/mol. The summed E-state index contributed by atoms with van der Waals surface area (Å²) in [6.45, 7) is 4.88. The fourth-order valence-corrected chi connectivity index (χ4v) is 4.71. The normalized spacial score (nSPS) is 12.9. The molecule has 3 aromatic rings. The van der Waals surface area contributed by atoms with Gasteiger partial charge in [-0.2, -0.15) is 0 Å². The molecule has 0 unspecified atom stereocenters. The maximum absolute atomic E-state index is 13.1. The van der Waals surface area contributed by atoms with E-state index in [9.17, 15) is 16.8 Å². The Balaban J connectivity index is 2.22. The molecule has 2 heterocycles. The minimum Gasteiger partial charge on any atom is -0.495 e. The molecule has 0 radical (unpaired) electrons. The molecule has 0 bridgehead atoms. The van der Waals surface area contributed by atoms with Crippen LogP contribution >= 0.6 is 0 Å². The summed E-state index contributed by atoms with van der Waals surface area (Å²) >= 11 is 0. The smallest absolute Gasteiger partial charge is 0.229 e. The summed E-state index contributed by atoms with van der Waals surface area (Å²) < 4.78 is 57.6. The quantitative estimate of drug-likeness (QED) is 0.658. The van der Waals surface area contributed by atoms with Crippen molar-refractivity contribution in [2.75, 3.05) is 18.1 Å². The first-order chi connectivity index (χ1) is 13.3. The Hall–Kier alpha value is -2.59. The third-order valence-electron chi connectivity index (χ3n) is 4.35. The first kappa shape index (κ1) is 21.1. The highest BCUT2D eigenvalue weighted by Crippen LogP contribution is 2.34. The molecule has 0 fully saturated rings. The summed E-state index contributed by atoms with van der Waals surface area (Å²) in [6.07, 6.45) is 4.17. The van der Waals surface area contributed by atoms with Crippen LogP contribution in [0.25, 0.3) is 16.9 Å². The van der Waals surface area contributed by atoms with Gasteiger partial charge in [-0.25, -0.2) is 21.8 Å². The van der Waals surface area contributed by atoms with Gasteiger partial charge >= 0.3 is 0 Å². The van der Waals surface area contributed by atoms with Gasteiger partial charge in [0.25, 0.3) is 0 Å². The Morgan fingerprint density at radius 2 is 1.79 bits per heavy atom. The predicted octanol–water partition coefficient (Wildman–Crippen LogP) is 2.95.